The number of H-pyrrole nitrogens is 1. The van der Waals surface area contributed by atoms with Crippen molar-refractivity contribution in [3.05, 3.63) is 50.1 Å². The maximum atomic E-state index is 12.6. The van der Waals surface area contributed by atoms with Crippen molar-refractivity contribution in [1.29, 1.82) is 0 Å². The Bertz CT molecular complexity index is 1280. The smallest absolute Gasteiger partial charge is 0.302 e. The first-order chi connectivity index (χ1) is 12.9. The van der Waals surface area contributed by atoms with E-state index in [1.807, 2.05) is 22.8 Å². The molecule has 0 spiro atoms. The van der Waals surface area contributed by atoms with Gasteiger partial charge in [0, 0.05) is 19.2 Å². The molecule has 0 bridgehead atoms. The molecule has 4 rings (SSSR count). The normalized spacial score (nSPS) is 11.9. The van der Waals surface area contributed by atoms with Crippen LogP contribution >= 0.6 is 11.6 Å². The van der Waals surface area contributed by atoms with Crippen molar-refractivity contribution in [2.45, 2.75) is 26.8 Å². The number of halogens is 1. The number of aromatic amines is 1. The largest absolute Gasteiger partial charge is 0.329 e. The molecule has 0 aliphatic heterocycles. The van der Waals surface area contributed by atoms with E-state index in [1.54, 1.807) is 17.5 Å². The van der Waals surface area contributed by atoms with Gasteiger partial charge in [-0.05, 0) is 24.5 Å². The first-order valence-corrected chi connectivity index (χ1v) is 9.09. The van der Waals surface area contributed by atoms with Crippen LogP contribution in [0.1, 0.15) is 20.3 Å². The standard InChI is InChI=1S/C18H19ClN6O2/c1-10(2)8-9-24-13-15(26)20-18(27)23(3)16(13)25-14(21-22-17(24)25)11-6-4-5-7-12(11)19/h4-7,10H,8-9H2,1-3H3,(H,20,26,27). The Morgan fingerprint density at radius 2 is 1.93 bits per heavy atom. The van der Waals surface area contributed by atoms with E-state index < -0.39 is 11.2 Å². The van der Waals surface area contributed by atoms with E-state index in [1.165, 1.54) is 4.57 Å². The quantitative estimate of drug-likeness (QED) is 0.583. The van der Waals surface area contributed by atoms with Gasteiger partial charge >= 0.3 is 5.69 Å². The molecule has 3 heterocycles. The number of benzene rings is 1. The van der Waals surface area contributed by atoms with Crippen molar-refractivity contribution in [2.75, 3.05) is 0 Å². The highest BCUT2D eigenvalue weighted by atomic mass is 35.5. The van der Waals surface area contributed by atoms with Gasteiger partial charge in [-0.25, -0.2) is 9.20 Å². The van der Waals surface area contributed by atoms with Crippen molar-refractivity contribution < 1.29 is 0 Å². The van der Waals surface area contributed by atoms with Crippen LogP contribution in [0.4, 0.5) is 0 Å². The van der Waals surface area contributed by atoms with Crippen LogP contribution < -0.4 is 11.2 Å². The number of imidazole rings is 1. The fraction of sp³-hybridized carbons (Fsp3) is 0.333. The summed E-state index contributed by atoms with van der Waals surface area (Å²) in [6.07, 6.45) is 0.857. The van der Waals surface area contributed by atoms with Gasteiger partial charge in [0.1, 0.15) is 0 Å². The summed E-state index contributed by atoms with van der Waals surface area (Å²) in [5.74, 6) is 1.44. The summed E-state index contributed by atoms with van der Waals surface area (Å²) >= 11 is 6.35. The van der Waals surface area contributed by atoms with Gasteiger partial charge in [0.05, 0.1) is 5.02 Å². The summed E-state index contributed by atoms with van der Waals surface area (Å²) in [6.45, 7) is 4.82. The van der Waals surface area contributed by atoms with E-state index in [0.717, 1.165) is 6.42 Å². The zero-order chi connectivity index (χ0) is 19.3. The van der Waals surface area contributed by atoms with Gasteiger partial charge in [0.25, 0.3) is 5.56 Å². The number of rotatable bonds is 4. The molecule has 0 saturated carbocycles. The summed E-state index contributed by atoms with van der Waals surface area (Å²) in [5.41, 5.74) is 0.599. The SMILES string of the molecule is CC(C)CCn1c2c(=O)[nH]c(=O)n(C)c2n2c(-c3ccccc3Cl)nnc12. The molecule has 1 aromatic carbocycles. The molecule has 0 fully saturated rings. The Balaban J connectivity index is 2.15. The van der Waals surface area contributed by atoms with Gasteiger partial charge in [0.2, 0.25) is 5.78 Å². The third-order valence-electron chi connectivity index (χ3n) is 4.68. The number of fused-ring (bicyclic) bond motifs is 3. The molecule has 140 valence electrons. The lowest BCUT2D eigenvalue weighted by Crippen LogP contribution is -2.29. The Morgan fingerprint density at radius 3 is 2.63 bits per heavy atom. The van der Waals surface area contributed by atoms with Crippen LogP contribution in [0.3, 0.4) is 0 Å². The monoisotopic (exact) mass is 386 g/mol. The number of hydrogen-bond donors (Lipinski definition) is 1. The molecule has 3 aromatic heterocycles. The van der Waals surface area contributed by atoms with Crippen LogP contribution in [0, 0.1) is 5.92 Å². The van der Waals surface area contributed by atoms with Crippen molar-refractivity contribution in [3.8, 4) is 11.4 Å². The lowest BCUT2D eigenvalue weighted by Gasteiger charge is -2.07. The summed E-state index contributed by atoms with van der Waals surface area (Å²) in [7, 11) is 1.61. The second-order valence-electron chi connectivity index (χ2n) is 6.96. The van der Waals surface area contributed by atoms with Crippen LogP contribution in [-0.4, -0.2) is 28.7 Å². The highest BCUT2D eigenvalue weighted by molar-refractivity contribution is 6.33. The van der Waals surface area contributed by atoms with E-state index in [2.05, 4.69) is 29.0 Å². The summed E-state index contributed by atoms with van der Waals surface area (Å²) in [5, 5.41) is 9.14. The second kappa shape index (κ2) is 6.38. The molecule has 0 aliphatic rings. The van der Waals surface area contributed by atoms with Crippen LogP contribution in [0.2, 0.25) is 5.02 Å². The molecular weight excluding hydrogens is 368 g/mol. The van der Waals surface area contributed by atoms with E-state index in [-0.39, 0.29) is 0 Å². The van der Waals surface area contributed by atoms with E-state index in [4.69, 9.17) is 11.6 Å². The first-order valence-electron chi connectivity index (χ1n) is 8.71. The van der Waals surface area contributed by atoms with Gasteiger partial charge in [-0.3, -0.25) is 14.3 Å². The number of aryl methyl sites for hydroxylation is 2. The molecule has 9 heteroatoms. The Morgan fingerprint density at radius 1 is 1.19 bits per heavy atom. The Labute approximate surface area is 159 Å². The predicted molar refractivity (Wildman–Crippen MR) is 104 cm³/mol. The first kappa shape index (κ1) is 17.5. The molecule has 4 aromatic rings. The van der Waals surface area contributed by atoms with E-state index >= 15 is 0 Å². The highest BCUT2D eigenvalue weighted by Crippen LogP contribution is 2.29. The zero-order valence-corrected chi connectivity index (χ0v) is 16.0. The van der Waals surface area contributed by atoms with E-state index in [0.29, 0.717) is 45.8 Å². The van der Waals surface area contributed by atoms with Crippen molar-refractivity contribution >= 4 is 28.5 Å². The molecule has 8 nitrogen and oxygen atoms in total. The third-order valence-corrected chi connectivity index (χ3v) is 5.01. The average molecular weight is 387 g/mol. The highest BCUT2D eigenvalue weighted by Gasteiger charge is 2.23. The molecule has 0 amide bonds. The lowest BCUT2D eigenvalue weighted by molar-refractivity contribution is 0.527. The zero-order valence-electron chi connectivity index (χ0n) is 15.2. The summed E-state index contributed by atoms with van der Waals surface area (Å²) in [6, 6.07) is 7.28. The number of hydrogen-bond acceptors (Lipinski definition) is 4. The van der Waals surface area contributed by atoms with Gasteiger partial charge in [-0.15, -0.1) is 10.2 Å². The van der Waals surface area contributed by atoms with Crippen LogP contribution in [0.25, 0.3) is 28.3 Å². The fourth-order valence-electron chi connectivity index (χ4n) is 3.26. The molecule has 0 atom stereocenters. The minimum Gasteiger partial charge on any atom is -0.302 e. The third kappa shape index (κ3) is 2.68. The molecule has 27 heavy (non-hydrogen) atoms. The molecular formula is C18H19ClN6O2. The number of nitrogens with zero attached hydrogens (tertiary/aromatic N) is 5. The number of aromatic nitrogens is 6. The summed E-state index contributed by atoms with van der Waals surface area (Å²) < 4.78 is 4.95. The Kier molecular flexibility index (Phi) is 4.15. The fourth-order valence-corrected chi connectivity index (χ4v) is 3.48. The van der Waals surface area contributed by atoms with Crippen molar-refractivity contribution in [2.24, 2.45) is 13.0 Å². The van der Waals surface area contributed by atoms with E-state index in [9.17, 15) is 9.59 Å². The Hall–Kier alpha value is -2.87. The molecule has 0 saturated heterocycles. The van der Waals surface area contributed by atoms with Gasteiger partial charge < -0.3 is 4.57 Å². The van der Waals surface area contributed by atoms with Gasteiger partial charge in [0.15, 0.2) is 17.0 Å². The molecule has 0 aliphatic carbocycles. The van der Waals surface area contributed by atoms with Gasteiger partial charge in [-0.1, -0.05) is 37.6 Å². The number of nitrogens with one attached hydrogen (secondary N) is 1. The lowest BCUT2D eigenvalue weighted by atomic mass is 10.1. The van der Waals surface area contributed by atoms with Crippen molar-refractivity contribution in [1.82, 2.24) is 28.7 Å². The van der Waals surface area contributed by atoms with Crippen LogP contribution in [0.15, 0.2) is 33.9 Å². The molecule has 1 N–H and O–H groups in total. The maximum Gasteiger partial charge on any atom is 0.329 e. The van der Waals surface area contributed by atoms with Crippen LogP contribution in [0.5, 0.6) is 0 Å². The summed E-state index contributed by atoms with van der Waals surface area (Å²) in [4.78, 5) is 27.2. The predicted octanol–water partition coefficient (Wildman–Crippen LogP) is 2.44. The average Bonchev–Trinajstić information content (AvgIpc) is 3.17. The van der Waals surface area contributed by atoms with Crippen LogP contribution in [-0.2, 0) is 13.6 Å². The minimum absolute atomic E-state index is 0.399. The second-order valence-corrected chi connectivity index (χ2v) is 7.37. The van der Waals surface area contributed by atoms with Gasteiger partial charge in [-0.2, -0.15) is 0 Å². The van der Waals surface area contributed by atoms with Crippen molar-refractivity contribution in [3.63, 3.8) is 0 Å². The molecule has 0 radical (unpaired) electrons. The minimum atomic E-state index is -0.491. The maximum absolute atomic E-state index is 12.6. The topological polar surface area (TPSA) is 90.0 Å². The molecule has 0 unspecified atom stereocenters.